The van der Waals surface area contributed by atoms with Crippen molar-refractivity contribution in [1.29, 1.82) is 0 Å². The molecule has 1 heterocycles. The summed E-state index contributed by atoms with van der Waals surface area (Å²) in [6, 6.07) is 10.1. The highest BCUT2D eigenvalue weighted by Gasteiger charge is 2.12. The molecular formula is C15H16FNO2. The maximum Gasteiger partial charge on any atom is 0.325 e. The van der Waals surface area contributed by atoms with E-state index in [1.54, 1.807) is 13.0 Å². The zero-order valence-electron chi connectivity index (χ0n) is 11.0. The number of aromatic nitrogens is 1. The fourth-order valence-corrected chi connectivity index (χ4v) is 2.01. The Morgan fingerprint density at radius 3 is 2.79 bits per heavy atom. The smallest absolute Gasteiger partial charge is 0.325 e. The zero-order chi connectivity index (χ0) is 13.8. The van der Waals surface area contributed by atoms with Gasteiger partial charge in [0.15, 0.2) is 0 Å². The van der Waals surface area contributed by atoms with Crippen molar-refractivity contribution in [3.8, 4) is 11.3 Å². The summed E-state index contributed by atoms with van der Waals surface area (Å²) >= 11 is 0. The number of benzene rings is 1. The third kappa shape index (κ3) is 3.02. The van der Waals surface area contributed by atoms with Gasteiger partial charge in [-0.05, 0) is 38.1 Å². The molecule has 0 radical (unpaired) electrons. The molecule has 0 aliphatic heterocycles. The lowest BCUT2D eigenvalue weighted by molar-refractivity contribution is -0.143. The Balaban J connectivity index is 2.34. The van der Waals surface area contributed by atoms with Gasteiger partial charge in [0.25, 0.3) is 0 Å². The van der Waals surface area contributed by atoms with Crippen molar-refractivity contribution in [2.45, 2.75) is 20.4 Å². The van der Waals surface area contributed by atoms with E-state index in [1.165, 1.54) is 12.1 Å². The van der Waals surface area contributed by atoms with E-state index in [0.29, 0.717) is 6.61 Å². The molecule has 0 aliphatic carbocycles. The lowest BCUT2D eigenvalue weighted by Crippen LogP contribution is -2.15. The van der Waals surface area contributed by atoms with Crippen molar-refractivity contribution in [2.75, 3.05) is 6.61 Å². The second kappa shape index (κ2) is 5.69. The number of halogens is 1. The maximum atomic E-state index is 13.3. The molecule has 0 bridgehead atoms. The normalized spacial score (nSPS) is 10.5. The van der Waals surface area contributed by atoms with Gasteiger partial charge >= 0.3 is 5.97 Å². The quantitative estimate of drug-likeness (QED) is 0.792. The van der Waals surface area contributed by atoms with E-state index in [2.05, 4.69) is 0 Å². The Bertz CT molecular complexity index is 590. The first kappa shape index (κ1) is 13.3. The van der Waals surface area contributed by atoms with Crippen molar-refractivity contribution < 1.29 is 13.9 Å². The summed E-state index contributed by atoms with van der Waals surface area (Å²) in [5.41, 5.74) is 2.50. The second-order valence-electron chi connectivity index (χ2n) is 4.26. The molecule has 0 aliphatic rings. The summed E-state index contributed by atoms with van der Waals surface area (Å²) in [6.45, 7) is 4.17. The van der Waals surface area contributed by atoms with Crippen molar-refractivity contribution in [2.24, 2.45) is 0 Å². The molecule has 0 saturated heterocycles. The summed E-state index contributed by atoms with van der Waals surface area (Å²) in [5, 5.41) is 0. The van der Waals surface area contributed by atoms with Gasteiger partial charge in [0, 0.05) is 17.0 Å². The summed E-state index contributed by atoms with van der Waals surface area (Å²) in [4.78, 5) is 11.6. The lowest BCUT2D eigenvalue weighted by Gasteiger charge is -2.11. The molecule has 4 heteroatoms. The molecule has 0 saturated carbocycles. The van der Waals surface area contributed by atoms with Gasteiger partial charge in [0.1, 0.15) is 12.4 Å². The van der Waals surface area contributed by atoms with Crippen LogP contribution in [0.2, 0.25) is 0 Å². The van der Waals surface area contributed by atoms with Crippen LogP contribution in [0.3, 0.4) is 0 Å². The molecule has 1 aromatic heterocycles. The van der Waals surface area contributed by atoms with Crippen LogP contribution in [0.5, 0.6) is 0 Å². The number of aryl methyl sites for hydroxylation is 1. The summed E-state index contributed by atoms with van der Waals surface area (Å²) < 4.78 is 20.1. The van der Waals surface area contributed by atoms with E-state index in [1.807, 2.05) is 29.7 Å². The largest absolute Gasteiger partial charge is 0.465 e. The van der Waals surface area contributed by atoms with Gasteiger partial charge in [-0.1, -0.05) is 12.1 Å². The predicted molar refractivity (Wildman–Crippen MR) is 71.2 cm³/mol. The van der Waals surface area contributed by atoms with Gasteiger partial charge in [-0.15, -0.1) is 0 Å². The van der Waals surface area contributed by atoms with E-state index < -0.39 is 0 Å². The minimum Gasteiger partial charge on any atom is -0.465 e. The van der Waals surface area contributed by atoms with E-state index in [9.17, 15) is 9.18 Å². The van der Waals surface area contributed by atoms with Crippen LogP contribution in [0.15, 0.2) is 36.4 Å². The van der Waals surface area contributed by atoms with Gasteiger partial charge in [0.2, 0.25) is 0 Å². The van der Waals surface area contributed by atoms with Crippen LogP contribution in [-0.2, 0) is 16.1 Å². The average Bonchev–Trinajstić information content (AvgIpc) is 2.71. The fraction of sp³-hybridized carbons (Fsp3) is 0.267. The third-order valence-electron chi connectivity index (χ3n) is 2.91. The van der Waals surface area contributed by atoms with Crippen molar-refractivity contribution in [3.05, 3.63) is 47.9 Å². The van der Waals surface area contributed by atoms with E-state index in [4.69, 9.17) is 4.74 Å². The Kier molecular flexibility index (Phi) is 4.00. The first-order valence-corrected chi connectivity index (χ1v) is 6.19. The highest BCUT2D eigenvalue weighted by Crippen LogP contribution is 2.23. The van der Waals surface area contributed by atoms with Crippen molar-refractivity contribution in [1.82, 2.24) is 4.57 Å². The van der Waals surface area contributed by atoms with Crippen LogP contribution in [0.25, 0.3) is 11.3 Å². The Labute approximate surface area is 111 Å². The molecule has 0 unspecified atom stereocenters. The molecule has 0 fully saturated rings. The second-order valence-corrected chi connectivity index (χ2v) is 4.26. The molecule has 0 amide bonds. The van der Waals surface area contributed by atoms with E-state index >= 15 is 0 Å². The minimum atomic E-state index is -0.293. The summed E-state index contributed by atoms with van der Waals surface area (Å²) in [5.74, 6) is -0.585. The zero-order valence-corrected chi connectivity index (χ0v) is 11.0. The van der Waals surface area contributed by atoms with Crippen LogP contribution in [0.1, 0.15) is 12.6 Å². The molecule has 3 nitrogen and oxygen atoms in total. The highest BCUT2D eigenvalue weighted by atomic mass is 19.1. The first-order valence-electron chi connectivity index (χ1n) is 6.19. The monoisotopic (exact) mass is 261 g/mol. The predicted octanol–water partition coefficient (Wildman–Crippen LogP) is 3.17. The van der Waals surface area contributed by atoms with Gasteiger partial charge in [-0.2, -0.15) is 0 Å². The van der Waals surface area contributed by atoms with E-state index in [0.717, 1.165) is 17.0 Å². The number of hydrogen-bond donors (Lipinski definition) is 0. The standard InChI is InChI=1S/C15H16FNO2/c1-3-19-15(18)10-17-11(2)7-8-14(17)12-5-4-6-13(16)9-12/h4-9H,3,10H2,1-2H3. The molecule has 100 valence electrons. The number of rotatable bonds is 4. The number of esters is 1. The van der Waals surface area contributed by atoms with Gasteiger partial charge in [-0.3, -0.25) is 4.79 Å². The topological polar surface area (TPSA) is 31.2 Å². The van der Waals surface area contributed by atoms with Crippen LogP contribution < -0.4 is 0 Å². The molecule has 1 aromatic carbocycles. The Morgan fingerprint density at radius 2 is 2.11 bits per heavy atom. The van der Waals surface area contributed by atoms with Gasteiger partial charge < -0.3 is 9.30 Å². The Hall–Kier alpha value is -2.10. The lowest BCUT2D eigenvalue weighted by atomic mass is 10.1. The fourth-order valence-electron chi connectivity index (χ4n) is 2.01. The summed E-state index contributed by atoms with van der Waals surface area (Å²) in [7, 11) is 0. The number of carbonyl (C=O) groups excluding carboxylic acids is 1. The minimum absolute atomic E-state index is 0.137. The summed E-state index contributed by atoms with van der Waals surface area (Å²) in [6.07, 6.45) is 0. The molecule has 2 aromatic rings. The van der Waals surface area contributed by atoms with Crippen LogP contribution in [0.4, 0.5) is 4.39 Å². The van der Waals surface area contributed by atoms with Gasteiger partial charge in [0.05, 0.1) is 6.61 Å². The highest BCUT2D eigenvalue weighted by molar-refractivity contribution is 5.71. The first-order chi connectivity index (χ1) is 9.11. The molecule has 2 rings (SSSR count). The third-order valence-corrected chi connectivity index (χ3v) is 2.91. The number of hydrogen-bond acceptors (Lipinski definition) is 2. The van der Waals surface area contributed by atoms with Crippen molar-refractivity contribution in [3.63, 3.8) is 0 Å². The van der Waals surface area contributed by atoms with Crippen LogP contribution >= 0.6 is 0 Å². The number of nitrogens with zero attached hydrogens (tertiary/aromatic N) is 1. The number of carbonyl (C=O) groups is 1. The van der Waals surface area contributed by atoms with E-state index in [-0.39, 0.29) is 18.3 Å². The maximum absolute atomic E-state index is 13.3. The van der Waals surface area contributed by atoms with Crippen LogP contribution in [0, 0.1) is 12.7 Å². The molecule has 0 spiro atoms. The number of ether oxygens (including phenoxy) is 1. The average molecular weight is 261 g/mol. The molecule has 0 N–H and O–H groups in total. The van der Waals surface area contributed by atoms with Gasteiger partial charge in [-0.25, -0.2) is 4.39 Å². The molecule has 0 atom stereocenters. The Morgan fingerprint density at radius 1 is 1.32 bits per heavy atom. The van der Waals surface area contributed by atoms with Crippen LogP contribution in [-0.4, -0.2) is 17.1 Å². The molecule has 19 heavy (non-hydrogen) atoms. The molecular weight excluding hydrogens is 245 g/mol. The van der Waals surface area contributed by atoms with Crippen molar-refractivity contribution >= 4 is 5.97 Å². The SMILES string of the molecule is CCOC(=O)Cn1c(C)ccc1-c1cccc(F)c1.